The summed E-state index contributed by atoms with van der Waals surface area (Å²) in [6.45, 7) is 18.8. The van der Waals surface area contributed by atoms with E-state index in [1.807, 2.05) is 57.2 Å². The third-order valence-corrected chi connectivity index (χ3v) is 8.31. The van der Waals surface area contributed by atoms with Crippen LogP contribution in [0.15, 0.2) is 60.0 Å². The molecule has 5 heteroatoms. The standard InChI is InChI=1S/C26H33NO3S/c1-16(2)25-24(21(7)22-9-11-23(30-8)12-10-22)20(6)15-27(25)31(28,29)26-18(4)13-17(3)14-19(26)5/h9-14,16,24-25H,6-7,15H2,1-5,8H3/t24-,25+/m1/s1. The lowest BCUT2D eigenvalue weighted by atomic mass is 9.81. The van der Waals surface area contributed by atoms with Crippen molar-refractivity contribution in [2.45, 2.75) is 45.6 Å². The molecule has 0 aromatic heterocycles. The van der Waals surface area contributed by atoms with Gasteiger partial charge < -0.3 is 4.74 Å². The Bertz CT molecular complexity index is 1090. The highest BCUT2D eigenvalue weighted by Gasteiger charge is 2.46. The van der Waals surface area contributed by atoms with E-state index in [1.165, 1.54) is 0 Å². The first kappa shape index (κ1) is 23.3. The molecule has 0 N–H and O–H groups in total. The fraction of sp³-hybridized carbons (Fsp3) is 0.385. The molecule has 1 aliphatic rings. The van der Waals surface area contributed by atoms with E-state index in [0.717, 1.165) is 39.1 Å². The Balaban J connectivity index is 2.05. The van der Waals surface area contributed by atoms with Crippen LogP contribution < -0.4 is 4.74 Å². The van der Waals surface area contributed by atoms with Crippen LogP contribution in [-0.2, 0) is 10.0 Å². The minimum absolute atomic E-state index is 0.0973. The Morgan fingerprint density at radius 1 is 1.10 bits per heavy atom. The number of rotatable bonds is 6. The average Bonchev–Trinajstić information content (AvgIpc) is 3.04. The van der Waals surface area contributed by atoms with Crippen molar-refractivity contribution < 1.29 is 13.2 Å². The molecule has 0 saturated carbocycles. The molecule has 2 aromatic rings. The third-order valence-electron chi connectivity index (χ3n) is 6.16. The molecule has 2 atom stereocenters. The van der Waals surface area contributed by atoms with Gasteiger partial charge >= 0.3 is 0 Å². The first-order valence-corrected chi connectivity index (χ1v) is 12.0. The van der Waals surface area contributed by atoms with E-state index in [9.17, 15) is 8.42 Å². The molecule has 2 aromatic carbocycles. The quantitative estimate of drug-likeness (QED) is 0.556. The fourth-order valence-electron chi connectivity index (χ4n) is 4.90. The van der Waals surface area contributed by atoms with Crippen molar-refractivity contribution in [1.29, 1.82) is 0 Å². The van der Waals surface area contributed by atoms with Crippen LogP contribution in [0, 0.1) is 32.6 Å². The molecule has 1 heterocycles. The first-order chi connectivity index (χ1) is 14.5. The molecule has 1 fully saturated rings. The molecule has 1 aliphatic heterocycles. The zero-order valence-electron chi connectivity index (χ0n) is 19.4. The Morgan fingerprint density at radius 2 is 1.65 bits per heavy atom. The number of sulfonamides is 1. The molecule has 166 valence electrons. The van der Waals surface area contributed by atoms with E-state index in [-0.39, 0.29) is 17.9 Å². The SMILES string of the molecule is C=C1CN(S(=O)(=O)c2c(C)cc(C)cc2C)[C@@H](C(C)C)[C@H]1C(=C)c1ccc(OC)cc1. The van der Waals surface area contributed by atoms with Crippen molar-refractivity contribution in [2.24, 2.45) is 11.8 Å². The predicted molar refractivity (Wildman–Crippen MR) is 128 cm³/mol. The smallest absolute Gasteiger partial charge is 0.244 e. The van der Waals surface area contributed by atoms with Gasteiger partial charge in [0.2, 0.25) is 10.0 Å². The molecule has 0 spiro atoms. The molecule has 0 aliphatic carbocycles. The van der Waals surface area contributed by atoms with Crippen molar-refractivity contribution in [3.63, 3.8) is 0 Å². The van der Waals surface area contributed by atoms with Crippen LogP contribution in [0.1, 0.15) is 36.1 Å². The molecule has 0 radical (unpaired) electrons. The lowest BCUT2D eigenvalue weighted by Crippen LogP contribution is -2.41. The number of ether oxygens (including phenoxy) is 1. The number of hydrogen-bond acceptors (Lipinski definition) is 3. The average molecular weight is 440 g/mol. The molecular weight excluding hydrogens is 406 g/mol. The van der Waals surface area contributed by atoms with Crippen LogP contribution in [0.3, 0.4) is 0 Å². The molecule has 3 rings (SSSR count). The van der Waals surface area contributed by atoms with Crippen molar-refractivity contribution in [1.82, 2.24) is 4.31 Å². The molecule has 4 nitrogen and oxygen atoms in total. The summed E-state index contributed by atoms with van der Waals surface area (Å²) in [7, 11) is -2.06. The van der Waals surface area contributed by atoms with E-state index in [1.54, 1.807) is 11.4 Å². The Morgan fingerprint density at radius 3 is 2.13 bits per heavy atom. The van der Waals surface area contributed by atoms with Gasteiger partial charge in [0.05, 0.1) is 12.0 Å². The van der Waals surface area contributed by atoms with E-state index >= 15 is 0 Å². The molecule has 31 heavy (non-hydrogen) atoms. The molecule has 1 saturated heterocycles. The van der Waals surface area contributed by atoms with Gasteiger partial charge in [-0.15, -0.1) is 0 Å². The van der Waals surface area contributed by atoms with Crippen LogP contribution in [0.4, 0.5) is 0 Å². The fourth-order valence-corrected chi connectivity index (χ4v) is 7.09. The van der Waals surface area contributed by atoms with Crippen molar-refractivity contribution >= 4 is 15.6 Å². The second-order valence-corrected chi connectivity index (χ2v) is 10.7. The molecule has 0 unspecified atom stereocenters. The van der Waals surface area contributed by atoms with Gasteiger partial charge in [0.15, 0.2) is 0 Å². The molecule has 0 bridgehead atoms. The van der Waals surface area contributed by atoms with Gasteiger partial charge in [-0.2, -0.15) is 4.31 Å². The van der Waals surface area contributed by atoms with Crippen LogP contribution in [-0.4, -0.2) is 32.4 Å². The summed E-state index contributed by atoms with van der Waals surface area (Å²) < 4.78 is 34.7. The van der Waals surface area contributed by atoms with Gasteiger partial charge in [-0.1, -0.05) is 62.4 Å². The monoisotopic (exact) mass is 439 g/mol. The lowest BCUT2D eigenvalue weighted by molar-refractivity contribution is 0.292. The summed E-state index contributed by atoms with van der Waals surface area (Å²) >= 11 is 0. The van der Waals surface area contributed by atoms with E-state index in [4.69, 9.17) is 4.74 Å². The highest BCUT2D eigenvalue weighted by Crippen LogP contribution is 2.44. The lowest BCUT2D eigenvalue weighted by Gasteiger charge is -2.32. The minimum atomic E-state index is -3.69. The predicted octanol–water partition coefficient (Wildman–Crippen LogP) is 5.54. The Hall–Kier alpha value is -2.37. The van der Waals surface area contributed by atoms with Gasteiger partial charge in [-0.3, -0.25) is 0 Å². The van der Waals surface area contributed by atoms with Crippen molar-refractivity contribution in [2.75, 3.05) is 13.7 Å². The van der Waals surface area contributed by atoms with Crippen LogP contribution in [0.5, 0.6) is 5.75 Å². The van der Waals surface area contributed by atoms with Gasteiger partial charge in [0.1, 0.15) is 5.75 Å². The second-order valence-electron chi connectivity index (χ2n) is 8.90. The molecule has 0 amide bonds. The summed E-state index contributed by atoms with van der Waals surface area (Å²) in [4.78, 5) is 0.409. The summed E-state index contributed by atoms with van der Waals surface area (Å²) in [5, 5.41) is 0. The van der Waals surface area contributed by atoms with Crippen LogP contribution in [0.25, 0.3) is 5.57 Å². The van der Waals surface area contributed by atoms with E-state index < -0.39 is 10.0 Å². The van der Waals surface area contributed by atoms with Gasteiger partial charge in [-0.05, 0) is 61.1 Å². The van der Waals surface area contributed by atoms with Crippen molar-refractivity contribution in [3.8, 4) is 5.75 Å². The maximum Gasteiger partial charge on any atom is 0.244 e. The Kier molecular flexibility index (Phi) is 6.49. The van der Waals surface area contributed by atoms with Crippen molar-refractivity contribution in [3.05, 3.63) is 77.4 Å². The number of aryl methyl sites for hydroxylation is 3. The highest BCUT2D eigenvalue weighted by atomic mass is 32.2. The second kappa shape index (κ2) is 8.64. The van der Waals surface area contributed by atoms with E-state index in [0.29, 0.717) is 11.4 Å². The zero-order chi connectivity index (χ0) is 23.1. The number of nitrogens with zero attached hydrogens (tertiary/aromatic N) is 1. The molecular formula is C26H33NO3S. The van der Waals surface area contributed by atoms with Gasteiger partial charge in [-0.25, -0.2) is 8.42 Å². The zero-order valence-corrected chi connectivity index (χ0v) is 20.2. The van der Waals surface area contributed by atoms with Gasteiger partial charge in [0.25, 0.3) is 0 Å². The number of methoxy groups -OCH3 is 1. The summed E-state index contributed by atoms with van der Waals surface area (Å²) in [5.74, 6) is 0.728. The van der Waals surface area contributed by atoms with Gasteiger partial charge in [0, 0.05) is 18.5 Å². The van der Waals surface area contributed by atoms with Crippen LogP contribution in [0.2, 0.25) is 0 Å². The highest BCUT2D eigenvalue weighted by molar-refractivity contribution is 7.89. The normalized spacial score (nSPS) is 19.8. The summed E-state index contributed by atoms with van der Waals surface area (Å²) in [5.41, 5.74) is 5.36. The maximum absolute atomic E-state index is 13.9. The minimum Gasteiger partial charge on any atom is -0.497 e. The third kappa shape index (κ3) is 4.21. The number of benzene rings is 2. The topological polar surface area (TPSA) is 46.6 Å². The van der Waals surface area contributed by atoms with E-state index in [2.05, 4.69) is 27.0 Å². The van der Waals surface area contributed by atoms with Crippen LogP contribution >= 0.6 is 0 Å². The summed E-state index contributed by atoms with van der Waals surface area (Å²) in [6.07, 6.45) is 0. The summed E-state index contributed by atoms with van der Waals surface area (Å²) in [6, 6.07) is 11.4. The largest absolute Gasteiger partial charge is 0.497 e. The number of hydrogen-bond donors (Lipinski definition) is 0. The first-order valence-electron chi connectivity index (χ1n) is 10.6. The Labute approximate surface area is 187 Å². The maximum atomic E-state index is 13.9.